The number of nitrogens with one attached hydrogen (secondary N) is 1. The van der Waals surface area contributed by atoms with Crippen molar-refractivity contribution >= 4 is 43.2 Å². The smallest absolute Gasteiger partial charge is 0.280 e. The van der Waals surface area contributed by atoms with E-state index >= 15 is 0 Å². The molecule has 0 radical (unpaired) electrons. The zero-order chi connectivity index (χ0) is 13.3. The van der Waals surface area contributed by atoms with Gasteiger partial charge in [0.1, 0.15) is 0 Å². The molecule has 0 spiro atoms. The fraction of sp³-hybridized carbons (Fsp3) is 0.100. The summed E-state index contributed by atoms with van der Waals surface area (Å²) in [6, 6.07) is 4.79. The van der Waals surface area contributed by atoms with Crippen LogP contribution in [-0.4, -0.2) is 18.0 Å². The van der Waals surface area contributed by atoms with Gasteiger partial charge >= 0.3 is 0 Å². The summed E-state index contributed by atoms with van der Waals surface area (Å²) in [6.45, 7) is 0. The summed E-state index contributed by atoms with van der Waals surface area (Å²) in [6.07, 6.45) is 2.84. The zero-order valence-electron chi connectivity index (χ0n) is 9.26. The molecule has 0 aliphatic heterocycles. The van der Waals surface area contributed by atoms with E-state index in [1.54, 1.807) is 29.8 Å². The van der Waals surface area contributed by atoms with E-state index in [2.05, 4.69) is 25.6 Å². The SMILES string of the molecule is Cn1cnc(S(=O)(=O)Nc2ccc(Cl)cc2Br)c1. The van der Waals surface area contributed by atoms with Crippen molar-refractivity contribution in [2.24, 2.45) is 7.05 Å². The predicted octanol–water partition coefficient (Wildman–Crippen LogP) is 2.64. The second kappa shape index (κ2) is 4.91. The standard InChI is InChI=1S/C10H9BrClN3O2S/c1-15-5-10(13-6-15)18(16,17)14-9-3-2-7(12)4-8(9)11/h2-6,14H,1H3. The molecule has 5 nitrogen and oxygen atoms in total. The molecule has 2 rings (SSSR count). The first-order valence-electron chi connectivity index (χ1n) is 4.84. The number of rotatable bonds is 3. The highest BCUT2D eigenvalue weighted by molar-refractivity contribution is 9.10. The fourth-order valence-electron chi connectivity index (χ4n) is 1.30. The van der Waals surface area contributed by atoms with Crippen LogP contribution in [0, 0.1) is 0 Å². The van der Waals surface area contributed by atoms with Crippen LogP contribution in [0.25, 0.3) is 0 Å². The molecule has 0 fully saturated rings. The van der Waals surface area contributed by atoms with Gasteiger partial charge < -0.3 is 4.57 Å². The van der Waals surface area contributed by atoms with Crippen LogP contribution in [0.3, 0.4) is 0 Å². The molecule has 1 heterocycles. The minimum atomic E-state index is -3.68. The third kappa shape index (κ3) is 2.85. The van der Waals surface area contributed by atoms with Crippen molar-refractivity contribution in [2.45, 2.75) is 5.03 Å². The number of sulfonamides is 1. The summed E-state index contributed by atoms with van der Waals surface area (Å²) >= 11 is 9.03. The molecule has 0 aliphatic rings. The Morgan fingerprint density at radius 1 is 1.44 bits per heavy atom. The largest absolute Gasteiger partial charge is 0.339 e. The van der Waals surface area contributed by atoms with Crippen molar-refractivity contribution in [1.82, 2.24) is 9.55 Å². The first kappa shape index (κ1) is 13.4. The number of nitrogens with zero attached hydrogens (tertiary/aromatic N) is 2. The lowest BCUT2D eigenvalue weighted by Gasteiger charge is -2.07. The normalized spacial score (nSPS) is 11.5. The van der Waals surface area contributed by atoms with Crippen LogP contribution in [0.1, 0.15) is 0 Å². The van der Waals surface area contributed by atoms with Crippen molar-refractivity contribution in [3.05, 3.63) is 40.2 Å². The second-order valence-corrected chi connectivity index (χ2v) is 6.53. The van der Waals surface area contributed by atoms with Crippen LogP contribution >= 0.6 is 27.5 Å². The van der Waals surface area contributed by atoms with Crippen molar-refractivity contribution in [2.75, 3.05) is 4.72 Å². The van der Waals surface area contributed by atoms with Gasteiger partial charge in [0, 0.05) is 22.7 Å². The highest BCUT2D eigenvalue weighted by atomic mass is 79.9. The predicted molar refractivity (Wildman–Crippen MR) is 73.2 cm³/mol. The van der Waals surface area contributed by atoms with Gasteiger partial charge in [-0.3, -0.25) is 4.72 Å². The van der Waals surface area contributed by atoms with Crippen molar-refractivity contribution < 1.29 is 8.42 Å². The molecule has 1 aromatic heterocycles. The third-order valence-electron chi connectivity index (χ3n) is 2.13. The Morgan fingerprint density at radius 3 is 2.72 bits per heavy atom. The van der Waals surface area contributed by atoms with Gasteiger partial charge in [0.2, 0.25) is 0 Å². The number of halogens is 2. The molecule has 0 unspecified atom stereocenters. The molecule has 18 heavy (non-hydrogen) atoms. The Labute approximate surface area is 118 Å². The highest BCUT2D eigenvalue weighted by Gasteiger charge is 2.18. The van der Waals surface area contributed by atoms with Crippen LogP contribution in [0.2, 0.25) is 5.02 Å². The van der Waals surface area contributed by atoms with Crippen LogP contribution in [0.15, 0.2) is 40.2 Å². The Balaban J connectivity index is 2.33. The molecule has 2 aromatic rings. The number of aryl methyl sites for hydroxylation is 1. The lowest BCUT2D eigenvalue weighted by molar-refractivity contribution is 0.598. The fourth-order valence-corrected chi connectivity index (χ4v) is 3.27. The monoisotopic (exact) mass is 349 g/mol. The van der Waals surface area contributed by atoms with Crippen LogP contribution in [-0.2, 0) is 17.1 Å². The van der Waals surface area contributed by atoms with Gasteiger partial charge in [-0.15, -0.1) is 0 Å². The first-order chi connectivity index (χ1) is 8.38. The molecule has 8 heteroatoms. The maximum atomic E-state index is 12.0. The topological polar surface area (TPSA) is 64.0 Å². The summed E-state index contributed by atoms with van der Waals surface area (Å²) in [5.74, 6) is 0. The van der Waals surface area contributed by atoms with E-state index in [9.17, 15) is 8.42 Å². The van der Waals surface area contributed by atoms with Crippen molar-refractivity contribution in [1.29, 1.82) is 0 Å². The lowest BCUT2D eigenvalue weighted by Crippen LogP contribution is -2.13. The minimum Gasteiger partial charge on any atom is -0.339 e. The van der Waals surface area contributed by atoms with E-state index in [1.807, 2.05) is 0 Å². The second-order valence-electron chi connectivity index (χ2n) is 3.61. The Hall–Kier alpha value is -1.05. The summed E-state index contributed by atoms with van der Waals surface area (Å²) in [5.41, 5.74) is 0.407. The van der Waals surface area contributed by atoms with Gasteiger partial charge in [-0.2, -0.15) is 8.42 Å². The van der Waals surface area contributed by atoms with Gasteiger partial charge in [0.15, 0.2) is 5.03 Å². The first-order valence-corrected chi connectivity index (χ1v) is 7.50. The molecule has 1 N–H and O–H groups in total. The number of imidazole rings is 1. The molecular formula is C10H9BrClN3O2S. The van der Waals surface area contributed by atoms with E-state index in [0.717, 1.165) is 0 Å². The molecule has 0 atom stereocenters. The number of hydrogen-bond donors (Lipinski definition) is 1. The average Bonchev–Trinajstić information content (AvgIpc) is 2.70. The summed E-state index contributed by atoms with van der Waals surface area (Å²) < 4.78 is 28.6. The Morgan fingerprint density at radius 2 is 2.17 bits per heavy atom. The van der Waals surface area contributed by atoms with Gasteiger partial charge in [0.25, 0.3) is 10.0 Å². The van der Waals surface area contributed by atoms with Crippen LogP contribution in [0.5, 0.6) is 0 Å². The van der Waals surface area contributed by atoms with E-state index < -0.39 is 10.0 Å². The van der Waals surface area contributed by atoms with Gasteiger partial charge in [-0.25, -0.2) is 4.98 Å². The summed E-state index contributed by atoms with van der Waals surface area (Å²) in [4.78, 5) is 3.80. The number of aromatic nitrogens is 2. The molecule has 0 aliphatic carbocycles. The molecule has 96 valence electrons. The Kier molecular flexibility index (Phi) is 3.65. The Bertz CT molecular complexity index is 684. The highest BCUT2D eigenvalue weighted by Crippen LogP contribution is 2.27. The molecule has 0 bridgehead atoms. The van der Waals surface area contributed by atoms with Gasteiger partial charge in [0.05, 0.1) is 12.0 Å². The molecule has 1 aromatic carbocycles. The van der Waals surface area contributed by atoms with Crippen LogP contribution < -0.4 is 4.72 Å². The lowest BCUT2D eigenvalue weighted by atomic mass is 10.3. The summed E-state index contributed by atoms with van der Waals surface area (Å²) in [7, 11) is -1.98. The number of anilines is 1. The summed E-state index contributed by atoms with van der Waals surface area (Å²) in [5, 5.41) is 0.481. The van der Waals surface area contributed by atoms with Crippen molar-refractivity contribution in [3.8, 4) is 0 Å². The van der Waals surface area contributed by atoms with E-state index in [1.165, 1.54) is 12.5 Å². The van der Waals surface area contributed by atoms with E-state index in [4.69, 9.17) is 11.6 Å². The van der Waals surface area contributed by atoms with Crippen LogP contribution in [0.4, 0.5) is 5.69 Å². The average molecular weight is 351 g/mol. The molecule has 0 saturated heterocycles. The quantitative estimate of drug-likeness (QED) is 0.925. The molecular weight excluding hydrogens is 342 g/mol. The maximum Gasteiger partial charge on any atom is 0.280 e. The minimum absolute atomic E-state index is 0.0353. The third-order valence-corrected chi connectivity index (χ3v) is 4.27. The maximum absolute atomic E-state index is 12.0. The van der Waals surface area contributed by atoms with Gasteiger partial charge in [-0.1, -0.05) is 11.6 Å². The van der Waals surface area contributed by atoms with E-state index in [-0.39, 0.29) is 5.03 Å². The van der Waals surface area contributed by atoms with Gasteiger partial charge in [-0.05, 0) is 34.1 Å². The van der Waals surface area contributed by atoms with Crippen molar-refractivity contribution in [3.63, 3.8) is 0 Å². The molecule has 0 amide bonds. The zero-order valence-corrected chi connectivity index (χ0v) is 12.4. The number of benzene rings is 1. The molecule has 0 saturated carbocycles. The number of hydrogen-bond acceptors (Lipinski definition) is 3. The van der Waals surface area contributed by atoms with E-state index in [0.29, 0.717) is 15.2 Å².